The Morgan fingerprint density at radius 2 is 1.90 bits per heavy atom. The van der Waals surface area contributed by atoms with Crippen LogP contribution in [0.15, 0.2) is 54.6 Å². The van der Waals surface area contributed by atoms with Crippen LogP contribution >= 0.6 is 0 Å². The second-order valence-electron chi connectivity index (χ2n) is 5.74. The summed E-state index contributed by atoms with van der Waals surface area (Å²) in [5.74, 6) is 0.956. The summed E-state index contributed by atoms with van der Waals surface area (Å²) in [7, 11) is 1.74. The summed E-state index contributed by atoms with van der Waals surface area (Å²) in [4.78, 5) is 2.60. The molecule has 0 spiro atoms. The highest BCUT2D eigenvalue weighted by Crippen LogP contribution is 2.33. The SMILES string of the molecule is COc1cccc([C@H]2CCCCN2Cc2ccccc2)c1. The van der Waals surface area contributed by atoms with E-state index in [1.54, 1.807) is 7.11 Å². The number of hydrogen-bond acceptors (Lipinski definition) is 2. The number of rotatable bonds is 4. The number of hydrogen-bond donors (Lipinski definition) is 0. The zero-order chi connectivity index (χ0) is 14.5. The molecule has 2 aromatic rings. The standard InChI is InChI=1S/C19H23NO/c1-21-18-11-7-10-17(14-18)19-12-5-6-13-20(19)15-16-8-3-2-4-9-16/h2-4,7-11,14,19H,5-6,12-13,15H2,1H3/t19-/m1/s1. The molecule has 0 aliphatic carbocycles. The molecular weight excluding hydrogens is 258 g/mol. The van der Waals surface area contributed by atoms with Crippen LogP contribution in [0.3, 0.4) is 0 Å². The van der Waals surface area contributed by atoms with E-state index in [2.05, 4.69) is 53.4 Å². The van der Waals surface area contributed by atoms with Crippen LogP contribution in [-0.2, 0) is 6.54 Å². The molecular formula is C19H23NO. The molecule has 1 atom stereocenters. The van der Waals surface area contributed by atoms with Gasteiger partial charge in [0.25, 0.3) is 0 Å². The maximum atomic E-state index is 5.38. The van der Waals surface area contributed by atoms with Crippen molar-refractivity contribution in [2.24, 2.45) is 0 Å². The van der Waals surface area contributed by atoms with Gasteiger partial charge < -0.3 is 4.74 Å². The van der Waals surface area contributed by atoms with E-state index in [-0.39, 0.29) is 0 Å². The van der Waals surface area contributed by atoms with Gasteiger partial charge in [0.15, 0.2) is 0 Å². The van der Waals surface area contributed by atoms with Crippen LogP contribution in [0.25, 0.3) is 0 Å². The van der Waals surface area contributed by atoms with E-state index in [9.17, 15) is 0 Å². The van der Waals surface area contributed by atoms with Gasteiger partial charge in [0.2, 0.25) is 0 Å². The van der Waals surface area contributed by atoms with Crippen molar-refractivity contribution in [3.05, 3.63) is 65.7 Å². The Morgan fingerprint density at radius 1 is 1.05 bits per heavy atom. The quantitative estimate of drug-likeness (QED) is 0.822. The molecule has 2 nitrogen and oxygen atoms in total. The lowest BCUT2D eigenvalue weighted by Gasteiger charge is -2.36. The monoisotopic (exact) mass is 281 g/mol. The van der Waals surface area contributed by atoms with Gasteiger partial charge in [-0.2, -0.15) is 0 Å². The molecule has 110 valence electrons. The minimum absolute atomic E-state index is 0.508. The fourth-order valence-electron chi connectivity index (χ4n) is 3.22. The predicted octanol–water partition coefficient (Wildman–Crippen LogP) is 4.42. The third-order valence-electron chi connectivity index (χ3n) is 4.32. The normalized spacial score (nSPS) is 19.4. The summed E-state index contributed by atoms with van der Waals surface area (Å²) in [5, 5.41) is 0. The van der Waals surface area contributed by atoms with Crippen molar-refractivity contribution in [2.45, 2.75) is 31.8 Å². The van der Waals surface area contributed by atoms with E-state index in [0.717, 1.165) is 12.3 Å². The third-order valence-corrected chi connectivity index (χ3v) is 4.32. The van der Waals surface area contributed by atoms with Gasteiger partial charge in [-0.15, -0.1) is 0 Å². The molecule has 0 saturated carbocycles. The lowest BCUT2D eigenvalue weighted by molar-refractivity contribution is 0.140. The molecule has 0 unspecified atom stereocenters. The number of piperidine rings is 1. The largest absolute Gasteiger partial charge is 0.497 e. The first-order valence-electron chi connectivity index (χ1n) is 7.79. The van der Waals surface area contributed by atoms with Crippen molar-refractivity contribution in [3.63, 3.8) is 0 Å². The summed E-state index contributed by atoms with van der Waals surface area (Å²) in [5.41, 5.74) is 2.78. The van der Waals surface area contributed by atoms with Crippen LogP contribution in [0.4, 0.5) is 0 Å². The molecule has 21 heavy (non-hydrogen) atoms. The summed E-state index contributed by atoms with van der Waals surface area (Å²) >= 11 is 0. The number of methoxy groups -OCH3 is 1. The van der Waals surface area contributed by atoms with Gasteiger partial charge in [-0.05, 0) is 42.6 Å². The molecule has 2 aromatic carbocycles. The zero-order valence-corrected chi connectivity index (χ0v) is 12.7. The van der Waals surface area contributed by atoms with Crippen molar-refractivity contribution in [1.29, 1.82) is 0 Å². The molecule has 2 heteroatoms. The van der Waals surface area contributed by atoms with Gasteiger partial charge in [-0.1, -0.05) is 48.9 Å². The summed E-state index contributed by atoms with van der Waals surface area (Å²) in [6.45, 7) is 2.21. The lowest BCUT2D eigenvalue weighted by Crippen LogP contribution is -2.32. The molecule has 0 radical (unpaired) electrons. The topological polar surface area (TPSA) is 12.5 Å². The Bertz CT molecular complexity index is 567. The fourth-order valence-corrected chi connectivity index (χ4v) is 3.22. The summed E-state index contributed by atoms with van der Waals surface area (Å²) in [6, 6.07) is 19.8. The van der Waals surface area contributed by atoms with Gasteiger partial charge in [0.05, 0.1) is 7.11 Å². The van der Waals surface area contributed by atoms with Crippen LogP contribution in [0.5, 0.6) is 5.75 Å². The Kier molecular flexibility index (Phi) is 4.56. The smallest absolute Gasteiger partial charge is 0.119 e. The number of nitrogens with zero attached hydrogens (tertiary/aromatic N) is 1. The van der Waals surface area contributed by atoms with E-state index in [4.69, 9.17) is 4.74 Å². The Morgan fingerprint density at radius 3 is 2.71 bits per heavy atom. The number of likely N-dealkylation sites (tertiary alicyclic amines) is 1. The second kappa shape index (κ2) is 6.77. The predicted molar refractivity (Wildman–Crippen MR) is 86.4 cm³/mol. The maximum Gasteiger partial charge on any atom is 0.119 e. The first kappa shape index (κ1) is 14.2. The summed E-state index contributed by atoms with van der Waals surface area (Å²) in [6.07, 6.45) is 3.85. The van der Waals surface area contributed by atoms with Crippen molar-refractivity contribution in [1.82, 2.24) is 4.90 Å². The fraction of sp³-hybridized carbons (Fsp3) is 0.368. The number of benzene rings is 2. The summed E-state index contributed by atoms with van der Waals surface area (Å²) < 4.78 is 5.38. The van der Waals surface area contributed by atoms with Crippen LogP contribution in [0.1, 0.15) is 36.4 Å². The molecule has 1 aliphatic heterocycles. The third kappa shape index (κ3) is 3.45. The highest BCUT2D eigenvalue weighted by molar-refractivity contribution is 5.31. The van der Waals surface area contributed by atoms with E-state index >= 15 is 0 Å². The van der Waals surface area contributed by atoms with E-state index < -0.39 is 0 Å². The van der Waals surface area contributed by atoms with Gasteiger partial charge in [-0.25, -0.2) is 0 Å². The van der Waals surface area contributed by atoms with Gasteiger partial charge in [0.1, 0.15) is 5.75 Å². The average molecular weight is 281 g/mol. The minimum Gasteiger partial charge on any atom is -0.497 e. The molecule has 1 saturated heterocycles. The average Bonchev–Trinajstić information content (AvgIpc) is 2.56. The van der Waals surface area contributed by atoms with Crippen LogP contribution < -0.4 is 4.74 Å². The first-order chi connectivity index (χ1) is 10.4. The van der Waals surface area contributed by atoms with Crippen LogP contribution in [0.2, 0.25) is 0 Å². The Balaban J connectivity index is 1.80. The first-order valence-corrected chi connectivity index (χ1v) is 7.79. The molecule has 1 heterocycles. The van der Waals surface area contributed by atoms with Crippen LogP contribution in [-0.4, -0.2) is 18.6 Å². The van der Waals surface area contributed by atoms with Crippen LogP contribution in [0, 0.1) is 0 Å². The van der Waals surface area contributed by atoms with Crippen molar-refractivity contribution >= 4 is 0 Å². The molecule has 0 N–H and O–H groups in total. The molecule has 0 aromatic heterocycles. The minimum atomic E-state index is 0.508. The van der Waals surface area contributed by atoms with Crippen molar-refractivity contribution in [3.8, 4) is 5.75 Å². The van der Waals surface area contributed by atoms with E-state index in [1.165, 1.54) is 36.9 Å². The zero-order valence-electron chi connectivity index (χ0n) is 12.7. The second-order valence-corrected chi connectivity index (χ2v) is 5.74. The van der Waals surface area contributed by atoms with Gasteiger partial charge in [-0.3, -0.25) is 4.90 Å². The molecule has 0 bridgehead atoms. The molecule has 1 fully saturated rings. The lowest BCUT2D eigenvalue weighted by atomic mass is 9.94. The maximum absolute atomic E-state index is 5.38. The van der Waals surface area contributed by atoms with Crippen molar-refractivity contribution in [2.75, 3.05) is 13.7 Å². The highest BCUT2D eigenvalue weighted by Gasteiger charge is 2.24. The van der Waals surface area contributed by atoms with E-state index in [0.29, 0.717) is 6.04 Å². The van der Waals surface area contributed by atoms with E-state index in [1.807, 2.05) is 6.07 Å². The molecule has 0 amide bonds. The Hall–Kier alpha value is -1.80. The van der Waals surface area contributed by atoms with Crippen molar-refractivity contribution < 1.29 is 4.74 Å². The number of ether oxygens (including phenoxy) is 1. The highest BCUT2D eigenvalue weighted by atomic mass is 16.5. The molecule has 1 aliphatic rings. The Labute approximate surface area is 127 Å². The molecule has 3 rings (SSSR count). The van der Waals surface area contributed by atoms with Gasteiger partial charge >= 0.3 is 0 Å². The van der Waals surface area contributed by atoms with Gasteiger partial charge in [0, 0.05) is 12.6 Å².